The molecular weight excluding hydrogens is 212 g/mol. The number of benzene rings is 1. The first-order valence-corrected chi connectivity index (χ1v) is 6.29. The number of rotatable bonds is 5. The average molecular weight is 234 g/mol. The van der Waals surface area contributed by atoms with Crippen LogP contribution in [0.15, 0.2) is 24.3 Å². The predicted molar refractivity (Wildman–Crippen MR) is 69.9 cm³/mol. The molecule has 94 valence electrons. The Labute approximate surface area is 103 Å². The largest absolute Gasteiger partial charge is 0.380 e. The SMILES string of the molecule is CCc1ccc(C(NC)C2(CN)COC2)cc1. The van der Waals surface area contributed by atoms with Gasteiger partial charge in [-0.3, -0.25) is 0 Å². The summed E-state index contributed by atoms with van der Waals surface area (Å²) in [5.74, 6) is 0. The van der Waals surface area contributed by atoms with Gasteiger partial charge in [0.2, 0.25) is 0 Å². The molecule has 0 aromatic heterocycles. The quantitative estimate of drug-likeness (QED) is 0.811. The van der Waals surface area contributed by atoms with E-state index >= 15 is 0 Å². The molecule has 0 spiro atoms. The van der Waals surface area contributed by atoms with Gasteiger partial charge in [-0.25, -0.2) is 0 Å². The van der Waals surface area contributed by atoms with Gasteiger partial charge in [0.15, 0.2) is 0 Å². The van der Waals surface area contributed by atoms with E-state index in [-0.39, 0.29) is 11.5 Å². The minimum atomic E-state index is 0.0719. The number of nitrogens with two attached hydrogens (primary N) is 1. The van der Waals surface area contributed by atoms with Crippen molar-refractivity contribution < 1.29 is 4.74 Å². The molecule has 0 saturated carbocycles. The van der Waals surface area contributed by atoms with E-state index in [1.165, 1.54) is 11.1 Å². The number of hydrogen-bond acceptors (Lipinski definition) is 3. The second-order valence-electron chi connectivity index (χ2n) is 4.88. The van der Waals surface area contributed by atoms with Crippen LogP contribution in [0.25, 0.3) is 0 Å². The highest BCUT2D eigenvalue weighted by Crippen LogP contribution is 2.39. The van der Waals surface area contributed by atoms with Gasteiger partial charge in [0.05, 0.1) is 13.2 Å². The fourth-order valence-electron chi connectivity index (χ4n) is 2.54. The van der Waals surface area contributed by atoms with Crippen LogP contribution in [0.5, 0.6) is 0 Å². The molecule has 1 saturated heterocycles. The van der Waals surface area contributed by atoms with Gasteiger partial charge in [0.1, 0.15) is 0 Å². The van der Waals surface area contributed by atoms with E-state index in [9.17, 15) is 0 Å². The van der Waals surface area contributed by atoms with E-state index in [1.807, 2.05) is 7.05 Å². The van der Waals surface area contributed by atoms with Crippen LogP contribution in [0.1, 0.15) is 24.1 Å². The third kappa shape index (κ3) is 2.23. The fraction of sp³-hybridized carbons (Fsp3) is 0.571. The molecule has 3 nitrogen and oxygen atoms in total. The number of hydrogen-bond donors (Lipinski definition) is 2. The molecule has 2 rings (SSSR count). The molecule has 1 aliphatic rings. The highest BCUT2D eigenvalue weighted by Gasteiger charge is 2.44. The summed E-state index contributed by atoms with van der Waals surface area (Å²) in [7, 11) is 1.99. The van der Waals surface area contributed by atoms with Crippen LogP contribution < -0.4 is 11.1 Å². The van der Waals surface area contributed by atoms with Crippen molar-refractivity contribution in [1.82, 2.24) is 5.32 Å². The summed E-state index contributed by atoms with van der Waals surface area (Å²) in [6, 6.07) is 9.09. The van der Waals surface area contributed by atoms with Gasteiger partial charge in [-0.1, -0.05) is 31.2 Å². The van der Waals surface area contributed by atoms with E-state index in [4.69, 9.17) is 10.5 Å². The van der Waals surface area contributed by atoms with Gasteiger partial charge < -0.3 is 15.8 Å². The van der Waals surface area contributed by atoms with Crippen molar-refractivity contribution in [2.45, 2.75) is 19.4 Å². The second kappa shape index (κ2) is 5.17. The summed E-state index contributed by atoms with van der Waals surface area (Å²) in [6.07, 6.45) is 1.08. The van der Waals surface area contributed by atoms with E-state index < -0.39 is 0 Å². The van der Waals surface area contributed by atoms with Crippen LogP contribution in [0.2, 0.25) is 0 Å². The number of aryl methyl sites for hydroxylation is 1. The van der Waals surface area contributed by atoms with Gasteiger partial charge in [0, 0.05) is 18.0 Å². The standard InChI is InChI=1S/C14H22N2O/c1-3-11-4-6-12(7-5-11)13(16-2)14(8-15)9-17-10-14/h4-7,13,16H,3,8-10,15H2,1-2H3. The van der Waals surface area contributed by atoms with Crippen molar-refractivity contribution in [3.63, 3.8) is 0 Å². The Morgan fingerprint density at radius 1 is 1.35 bits per heavy atom. The maximum Gasteiger partial charge on any atom is 0.0575 e. The molecular formula is C14H22N2O. The molecule has 1 fully saturated rings. The van der Waals surface area contributed by atoms with Crippen LogP contribution in [0.4, 0.5) is 0 Å². The highest BCUT2D eigenvalue weighted by molar-refractivity contribution is 5.27. The van der Waals surface area contributed by atoms with E-state index in [0.29, 0.717) is 6.54 Å². The summed E-state index contributed by atoms with van der Waals surface area (Å²) < 4.78 is 5.36. The Bertz CT molecular complexity index is 351. The van der Waals surface area contributed by atoms with Crippen molar-refractivity contribution in [3.8, 4) is 0 Å². The molecule has 1 aliphatic heterocycles. The zero-order chi connectivity index (χ0) is 12.3. The van der Waals surface area contributed by atoms with E-state index in [1.54, 1.807) is 0 Å². The van der Waals surface area contributed by atoms with Crippen LogP contribution in [-0.2, 0) is 11.2 Å². The molecule has 0 amide bonds. The Kier molecular flexibility index (Phi) is 3.82. The molecule has 3 N–H and O–H groups in total. The van der Waals surface area contributed by atoms with Crippen LogP contribution >= 0.6 is 0 Å². The molecule has 0 radical (unpaired) electrons. The lowest BCUT2D eigenvalue weighted by molar-refractivity contribution is -0.126. The summed E-state index contributed by atoms with van der Waals surface area (Å²) in [6.45, 7) is 4.34. The third-order valence-electron chi connectivity index (χ3n) is 3.81. The Morgan fingerprint density at radius 2 is 2.00 bits per heavy atom. The van der Waals surface area contributed by atoms with Crippen LogP contribution in [0.3, 0.4) is 0 Å². The average Bonchev–Trinajstić information content (AvgIpc) is 2.34. The van der Waals surface area contributed by atoms with Crippen molar-refractivity contribution >= 4 is 0 Å². The summed E-state index contributed by atoms with van der Waals surface area (Å²) in [5, 5.41) is 3.39. The first-order chi connectivity index (χ1) is 8.25. The van der Waals surface area contributed by atoms with E-state index in [0.717, 1.165) is 19.6 Å². The summed E-state index contributed by atoms with van der Waals surface area (Å²) >= 11 is 0. The topological polar surface area (TPSA) is 47.3 Å². The Hall–Kier alpha value is -0.900. The molecule has 0 aliphatic carbocycles. The van der Waals surface area contributed by atoms with Gasteiger partial charge in [0.25, 0.3) is 0 Å². The Morgan fingerprint density at radius 3 is 2.35 bits per heavy atom. The maximum atomic E-state index is 5.92. The molecule has 1 unspecified atom stereocenters. The van der Waals surface area contributed by atoms with Gasteiger partial charge in [-0.2, -0.15) is 0 Å². The minimum absolute atomic E-state index is 0.0719. The van der Waals surface area contributed by atoms with Crippen molar-refractivity contribution in [3.05, 3.63) is 35.4 Å². The van der Waals surface area contributed by atoms with E-state index in [2.05, 4.69) is 36.5 Å². The lowest BCUT2D eigenvalue weighted by Gasteiger charge is -2.46. The zero-order valence-corrected chi connectivity index (χ0v) is 10.7. The lowest BCUT2D eigenvalue weighted by Crippen LogP contribution is -2.55. The number of nitrogens with one attached hydrogen (secondary N) is 1. The van der Waals surface area contributed by atoms with Crippen molar-refractivity contribution in [2.24, 2.45) is 11.1 Å². The molecule has 1 aromatic rings. The highest BCUT2D eigenvalue weighted by atomic mass is 16.5. The zero-order valence-electron chi connectivity index (χ0n) is 10.7. The normalized spacial score (nSPS) is 19.7. The lowest BCUT2D eigenvalue weighted by atomic mass is 9.75. The Balaban J connectivity index is 2.22. The minimum Gasteiger partial charge on any atom is -0.380 e. The molecule has 17 heavy (non-hydrogen) atoms. The predicted octanol–water partition coefficient (Wildman–Crippen LogP) is 1.48. The van der Waals surface area contributed by atoms with Gasteiger partial charge in [-0.05, 0) is 24.6 Å². The molecule has 3 heteroatoms. The van der Waals surface area contributed by atoms with Crippen LogP contribution in [-0.4, -0.2) is 26.8 Å². The molecule has 0 bridgehead atoms. The van der Waals surface area contributed by atoms with Crippen LogP contribution in [0, 0.1) is 5.41 Å². The fourth-order valence-corrected chi connectivity index (χ4v) is 2.54. The first kappa shape index (κ1) is 12.6. The maximum absolute atomic E-state index is 5.92. The monoisotopic (exact) mass is 234 g/mol. The smallest absolute Gasteiger partial charge is 0.0575 e. The number of ether oxygens (including phenoxy) is 1. The third-order valence-corrected chi connectivity index (χ3v) is 3.81. The van der Waals surface area contributed by atoms with Crippen molar-refractivity contribution in [2.75, 3.05) is 26.8 Å². The summed E-state index contributed by atoms with van der Waals surface area (Å²) in [4.78, 5) is 0. The van der Waals surface area contributed by atoms with Gasteiger partial charge >= 0.3 is 0 Å². The second-order valence-corrected chi connectivity index (χ2v) is 4.88. The summed E-state index contributed by atoms with van der Waals surface area (Å²) in [5.41, 5.74) is 8.67. The molecule has 1 aromatic carbocycles. The van der Waals surface area contributed by atoms with Gasteiger partial charge in [-0.15, -0.1) is 0 Å². The first-order valence-electron chi connectivity index (χ1n) is 6.29. The van der Waals surface area contributed by atoms with Crippen molar-refractivity contribution in [1.29, 1.82) is 0 Å². The molecule has 1 atom stereocenters. The molecule has 1 heterocycles.